The predicted molar refractivity (Wildman–Crippen MR) is 98.2 cm³/mol. The highest BCUT2D eigenvalue weighted by atomic mass is 19.4. The SMILES string of the molecule is O=C(c1cccc(OC(F)(F)F)c1)N1CCN(c2ccc(-n3cncn3)nn2)CC1. The van der Waals surface area contributed by atoms with Crippen molar-refractivity contribution >= 4 is 11.7 Å². The molecule has 30 heavy (non-hydrogen) atoms. The number of anilines is 1. The molecule has 9 nitrogen and oxygen atoms in total. The molecule has 1 fully saturated rings. The van der Waals surface area contributed by atoms with E-state index in [1.54, 1.807) is 17.0 Å². The maximum absolute atomic E-state index is 12.7. The van der Waals surface area contributed by atoms with Crippen molar-refractivity contribution in [2.45, 2.75) is 6.36 Å². The third-order valence-electron chi connectivity index (χ3n) is 4.50. The standard InChI is InChI=1S/C18H16F3N7O2/c19-18(20,21)30-14-3-1-2-13(10-14)17(29)27-8-6-26(7-9-27)15-4-5-16(25-24-15)28-12-22-11-23-28/h1-5,10-12H,6-9H2. The largest absolute Gasteiger partial charge is 0.573 e. The third kappa shape index (κ3) is 4.47. The van der Waals surface area contributed by atoms with Gasteiger partial charge in [0.2, 0.25) is 0 Å². The van der Waals surface area contributed by atoms with Gasteiger partial charge in [-0.15, -0.1) is 23.4 Å². The van der Waals surface area contributed by atoms with E-state index in [1.807, 2.05) is 4.90 Å². The zero-order chi connectivity index (χ0) is 21.1. The molecular formula is C18H16F3N7O2. The van der Waals surface area contributed by atoms with Crippen LogP contribution >= 0.6 is 0 Å². The van der Waals surface area contributed by atoms with Gasteiger partial charge >= 0.3 is 6.36 Å². The monoisotopic (exact) mass is 419 g/mol. The van der Waals surface area contributed by atoms with Crippen LogP contribution in [0.4, 0.5) is 19.0 Å². The molecule has 4 rings (SSSR count). The third-order valence-corrected chi connectivity index (χ3v) is 4.50. The average Bonchev–Trinajstić information content (AvgIpc) is 3.27. The van der Waals surface area contributed by atoms with Crippen LogP contribution in [0, 0.1) is 0 Å². The van der Waals surface area contributed by atoms with Crippen LogP contribution in [-0.4, -0.2) is 68.3 Å². The summed E-state index contributed by atoms with van der Waals surface area (Å²) in [7, 11) is 0. The van der Waals surface area contributed by atoms with E-state index in [0.717, 1.165) is 12.1 Å². The van der Waals surface area contributed by atoms with Crippen molar-refractivity contribution in [2.75, 3.05) is 31.1 Å². The minimum absolute atomic E-state index is 0.141. The van der Waals surface area contributed by atoms with E-state index < -0.39 is 12.1 Å². The van der Waals surface area contributed by atoms with Crippen LogP contribution in [0.25, 0.3) is 5.82 Å². The fourth-order valence-electron chi connectivity index (χ4n) is 3.08. The second kappa shape index (κ2) is 7.97. The molecule has 1 saturated heterocycles. The summed E-state index contributed by atoms with van der Waals surface area (Å²) in [5.74, 6) is 0.419. The lowest BCUT2D eigenvalue weighted by molar-refractivity contribution is -0.274. The van der Waals surface area contributed by atoms with Crippen molar-refractivity contribution in [3.63, 3.8) is 0 Å². The van der Waals surface area contributed by atoms with Crippen molar-refractivity contribution in [2.24, 2.45) is 0 Å². The smallest absolute Gasteiger partial charge is 0.406 e. The van der Waals surface area contributed by atoms with Gasteiger partial charge in [0.25, 0.3) is 5.91 Å². The molecule has 0 atom stereocenters. The van der Waals surface area contributed by atoms with Crippen LogP contribution in [0.5, 0.6) is 5.75 Å². The van der Waals surface area contributed by atoms with Gasteiger partial charge in [-0.3, -0.25) is 4.79 Å². The summed E-state index contributed by atoms with van der Waals surface area (Å²) >= 11 is 0. The number of rotatable bonds is 4. The number of ether oxygens (including phenoxy) is 1. The molecule has 0 aliphatic carbocycles. The number of nitrogens with zero attached hydrogens (tertiary/aromatic N) is 7. The van der Waals surface area contributed by atoms with Crippen LogP contribution < -0.4 is 9.64 Å². The molecule has 12 heteroatoms. The van der Waals surface area contributed by atoms with Gasteiger partial charge in [-0.1, -0.05) is 6.07 Å². The molecule has 3 heterocycles. The molecule has 0 saturated carbocycles. The number of hydrogen-bond donors (Lipinski definition) is 0. The van der Waals surface area contributed by atoms with Crippen LogP contribution in [-0.2, 0) is 0 Å². The number of piperazine rings is 1. The number of carbonyl (C=O) groups excluding carboxylic acids is 1. The average molecular weight is 419 g/mol. The first-order valence-corrected chi connectivity index (χ1v) is 8.98. The Morgan fingerprint density at radius 1 is 1.00 bits per heavy atom. The van der Waals surface area contributed by atoms with Gasteiger partial charge in [-0.2, -0.15) is 5.10 Å². The van der Waals surface area contributed by atoms with Crippen molar-refractivity contribution in [3.05, 3.63) is 54.6 Å². The van der Waals surface area contributed by atoms with E-state index in [9.17, 15) is 18.0 Å². The Kier molecular flexibility index (Phi) is 5.21. The molecule has 1 amide bonds. The molecule has 3 aromatic rings. The van der Waals surface area contributed by atoms with E-state index in [0.29, 0.717) is 37.8 Å². The lowest BCUT2D eigenvalue weighted by Gasteiger charge is -2.35. The molecule has 1 aromatic carbocycles. The summed E-state index contributed by atoms with van der Waals surface area (Å²) in [6.45, 7) is 1.83. The van der Waals surface area contributed by atoms with Crippen LogP contribution in [0.15, 0.2) is 49.1 Å². The Bertz CT molecular complexity index is 1000. The number of benzene rings is 1. The number of hydrogen-bond acceptors (Lipinski definition) is 7. The number of alkyl halides is 3. The molecular weight excluding hydrogens is 403 g/mol. The summed E-state index contributed by atoms with van der Waals surface area (Å²) in [4.78, 5) is 20.1. The fourth-order valence-corrected chi connectivity index (χ4v) is 3.08. The maximum Gasteiger partial charge on any atom is 0.573 e. The Balaban J connectivity index is 1.37. The first-order valence-electron chi connectivity index (χ1n) is 8.98. The van der Waals surface area contributed by atoms with Crippen molar-refractivity contribution < 1.29 is 22.7 Å². The van der Waals surface area contributed by atoms with Gasteiger partial charge in [-0.25, -0.2) is 9.67 Å². The molecule has 0 unspecified atom stereocenters. The fraction of sp³-hybridized carbons (Fsp3) is 0.278. The quantitative estimate of drug-likeness (QED) is 0.638. The summed E-state index contributed by atoms with van der Waals surface area (Å²) in [6, 6.07) is 8.64. The van der Waals surface area contributed by atoms with Gasteiger partial charge in [0.15, 0.2) is 11.6 Å². The first kappa shape index (κ1) is 19.6. The Morgan fingerprint density at radius 3 is 2.37 bits per heavy atom. The lowest BCUT2D eigenvalue weighted by atomic mass is 10.1. The van der Waals surface area contributed by atoms with Crippen molar-refractivity contribution in [1.29, 1.82) is 0 Å². The van der Waals surface area contributed by atoms with Crippen LogP contribution in [0.1, 0.15) is 10.4 Å². The Hall–Kier alpha value is -3.70. The molecule has 156 valence electrons. The van der Waals surface area contributed by atoms with E-state index >= 15 is 0 Å². The zero-order valence-electron chi connectivity index (χ0n) is 15.5. The van der Waals surface area contributed by atoms with Gasteiger partial charge in [0.1, 0.15) is 18.4 Å². The zero-order valence-corrected chi connectivity index (χ0v) is 15.5. The van der Waals surface area contributed by atoms with Crippen molar-refractivity contribution in [1.82, 2.24) is 29.9 Å². The number of amides is 1. The Morgan fingerprint density at radius 2 is 1.73 bits per heavy atom. The second-order valence-corrected chi connectivity index (χ2v) is 6.44. The van der Waals surface area contributed by atoms with Gasteiger partial charge in [0.05, 0.1) is 0 Å². The second-order valence-electron chi connectivity index (χ2n) is 6.44. The van der Waals surface area contributed by atoms with Gasteiger partial charge in [-0.05, 0) is 30.3 Å². The molecule has 2 aromatic heterocycles. The minimum atomic E-state index is -4.81. The maximum atomic E-state index is 12.7. The Labute approximate surface area is 168 Å². The molecule has 1 aliphatic rings. The van der Waals surface area contributed by atoms with E-state index in [4.69, 9.17) is 0 Å². The van der Waals surface area contributed by atoms with Crippen LogP contribution in [0.2, 0.25) is 0 Å². The first-order chi connectivity index (χ1) is 14.4. The topological polar surface area (TPSA) is 89.3 Å². The number of carbonyl (C=O) groups is 1. The highest BCUT2D eigenvalue weighted by Crippen LogP contribution is 2.24. The lowest BCUT2D eigenvalue weighted by Crippen LogP contribution is -2.49. The summed E-state index contributed by atoms with van der Waals surface area (Å²) in [6.07, 6.45) is -1.89. The van der Waals surface area contributed by atoms with E-state index in [2.05, 4.69) is 25.0 Å². The van der Waals surface area contributed by atoms with E-state index in [-0.39, 0.29) is 11.5 Å². The van der Waals surface area contributed by atoms with E-state index in [1.165, 1.54) is 29.5 Å². The summed E-state index contributed by atoms with van der Waals surface area (Å²) < 4.78 is 42.6. The predicted octanol–water partition coefficient (Wildman–Crippen LogP) is 1.92. The highest BCUT2D eigenvalue weighted by molar-refractivity contribution is 5.94. The molecule has 0 bridgehead atoms. The number of aromatic nitrogens is 5. The molecule has 1 aliphatic heterocycles. The van der Waals surface area contributed by atoms with Gasteiger partial charge in [0, 0.05) is 31.7 Å². The summed E-state index contributed by atoms with van der Waals surface area (Å²) in [5.41, 5.74) is 0.141. The normalized spacial score (nSPS) is 14.6. The summed E-state index contributed by atoms with van der Waals surface area (Å²) in [5, 5.41) is 12.3. The molecule has 0 radical (unpaired) electrons. The molecule has 0 spiro atoms. The highest BCUT2D eigenvalue weighted by Gasteiger charge is 2.31. The molecule has 0 N–H and O–H groups in total. The number of halogens is 3. The van der Waals surface area contributed by atoms with Crippen molar-refractivity contribution in [3.8, 4) is 11.6 Å². The minimum Gasteiger partial charge on any atom is -0.406 e. The van der Waals surface area contributed by atoms with Gasteiger partial charge < -0.3 is 14.5 Å². The van der Waals surface area contributed by atoms with Crippen LogP contribution in [0.3, 0.4) is 0 Å².